The summed E-state index contributed by atoms with van der Waals surface area (Å²) in [6, 6.07) is 15.9. The number of thiazole rings is 1. The molecule has 5 heterocycles. The number of hydrogen-bond donors (Lipinski definition) is 6. The van der Waals surface area contributed by atoms with E-state index in [4.69, 9.17) is 4.74 Å². The van der Waals surface area contributed by atoms with Crippen LogP contribution in [0.3, 0.4) is 0 Å². The summed E-state index contributed by atoms with van der Waals surface area (Å²) in [5, 5.41) is 23.3. The molecule has 0 bridgehead atoms. The molecule has 0 spiro atoms. The van der Waals surface area contributed by atoms with Gasteiger partial charge < -0.3 is 50.5 Å². The summed E-state index contributed by atoms with van der Waals surface area (Å²) in [5.74, 6) is -0.409. The molecule has 410 valence electrons. The van der Waals surface area contributed by atoms with Gasteiger partial charge in [0, 0.05) is 67.7 Å². The minimum Gasteiger partial charge on any atom is -0.496 e. The highest BCUT2D eigenvalue weighted by molar-refractivity contribution is 7.13. The van der Waals surface area contributed by atoms with Gasteiger partial charge >= 0.3 is 0 Å². The Morgan fingerprint density at radius 2 is 1.59 bits per heavy atom. The Balaban J connectivity index is 0.750. The quantitative estimate of drug-likeness (QED) is 0.0345. The van der Waals surface area contributed by atoms with Crippen molar-refractivity contribution in [2.24, 2.45) is 11.3 Å². The van der Waals surface area contributed by atoms with Crippen LogP contribution >= 0.6 is 11.3 Å². The lowest BCUT2D eigenvalue weighted by Crippen LogP contribution is -2.57. The Morgan fingerprint density at radius 1 is 0.882 bits per heavy atom. The van der Waals surface area contributed by atoms with Gasteiger partial charge in [0.25, 0.3) is 11.5 Å². The molecule has 5 aromatic rings. The van der Waals surface area contributed by atoms with E-state index in [1.165, 1.54) is 12.0 Å². The molecular weight excluding hydrogens is 983 g/mol. The number of aryl methyl sites for hydroxylation is 2. The molecule has 2 aromatic carbocycles. The number of fused-ring (bicyclic) bond motifs is 1. The van der Waals surface area contributed by atoms with E-state index in [2.05, 4.69) is 46.8 Å². The molecule has 6 N–H and O–H groups in total. The van der Waals surface area contributed by atoms with E-state index in [9.17, 15) is 33.9 Å². The minimum atomic E-state index is -0.923. The Labute approximate surface area is 451 Å². The number of piperidine rings is 1. The highest BCUT2D eigenvalue weighted by atomic mass is 32.1. The monoisotopic (exact) mass is 1060 g/mol. The number of nitrogens with one attached hydrogen (secondary N) is 5. The zero-order chi connectivity index (χ0) is 54.5. The maximum Gasteiger partial charge on any atom is 0.256 e. The van der Waals surface area contributed by atoms with Crippen LogP contribution in [0.4, 0.5) is 0 Å². The van der Waals surface area contributed by atoms with Crippen molar-refractivity contribution >= 4 is 51.8 Å². The number of para-hydroxylation sites is 1. The molecule has 17 nitrogen and oxygen atoms in total. The molecule has 0 radical (unpaired) electrons. The number of aliphatic hydroxyl groups is 1. The first-order valence-electron chi connectivity index (χ1n) is 27.1. The molecule has 5 amide bonds. The van der Waals surface area contributed by atoms with Gasteiger partial charge in [-0.05, 0) is 107 Å². The van der Waals surface area contributed by atoms with E-state index >= 15 is 0 Å². The number of benzene rings is 2. The van der Waals surface area contributed by atoms with E-state index < -0.39 is 29.5 Å². The number of carbonyl (C=O) groups excluding carboxylic acids is 5. The van der Waals surface area contributed by atoms with Crippen molar-refractivity contribution in [2.45, 2.75) is 150 Å². The maximum absolute atomic E-state index is 14.0. The fraction of sp³-hybridized carbons (Fsp3) is 0.534. The summed E-state index contributed by atoms with van der Waals surface area (Å²) in [6.45, 7) is 16.0. The smallest absolute Gasteiger partial charge is 0.256 e. The van der Waals surface area contributed by atoms with E-state index in [-0.39, 0.29) is 61.7 Å². The Kier molecular flexibility index (Phi) is 20.1. The fourth-order valence-electron chi connectivity index (χ4n) is 10.6. The number of rotatable bonds is 24. The summed E-state index contributed by atoms with van der Waals surface area (Å²) in [7, 11) is 1.52. The topological polar surface area (TPSA) is 220 Å². The predicted molar refractivity (Wildman–Crippen MR) is 297 cm³/mol. The molecule has 0 saturated carbocycles. The largest absolute Gasteiger partial charge is 0.496 e. The maximum atomic E-state index is 14.0. The van der Waals surface area contributed by atoms with Gasteiger partial charge in [0.05, 0.1) is 47.0 Å². The van der Waals surface area contributed by atoms with Crippen LogP contribution in [-0.4, -0.2) is 117 Å². The van der Waals surface area contributed by atoms with E-state index in [1.807, 2.05) is 82.6 Å². The second kappa shape index (κ2) is 26.6. The molecule has 2 aliphatic rings. The van der Waals surface area contributed by atoms with E-state index in [1.54, 1.807) is 24.3 Å². The van der Waals surface area contributed by atoms with Crippen LogP contribution < -0.4 is 31.6 Å². The van der Waals surface area contributed by atoms with Crippen molar-refractivity contribution in [3.63, 3.8) is 0 Å². The first kappa shape index (κ1) is 57.3. The minimum absolute atomic E-state index is 0.00319. The lowest BCUT2D eigenvalue weighted by molar-refractivity contribution is -0.144. The fourth-order valence-corrected chi connectivity index (χ4v) is 11.4. The molecule has 3 aromatic heterocycles. The highest BCUT2D eigenvalue weighted by Gasteiger charge is 2.44. The molecule has 0 aliphatic carbocycles. The van der Waals surface area contributed by atoms with Gasteiger partial charge in [-0.25, -0.2) is 4.98 Å². The summed E-state index contributed by atoms with van der Waals surface area (Å²) >= 11 is 1.57. The molecule has 76 heavy (non-hydrogen) atoms. The molecule has 2 fully saturated rings. The van der Waals surface area contributed by atoms with Gasteiger partial charge in [-0.15, -0.1) is 11.3 Å². The van der Waals surface area contributed by atoms with Crippen LogP contribution in [0.5, 0.6) is 5.75 Å². The first-order chi connectivity index (χ1) is 36.4. The highest BCUT2D eigenvalue weighted by Crippen LogP contribution is 2.31. The van der Waals surface area contributed by atoms with Crippen LogP contribution in [-0.2, 0) is 38.8 Å². The molecule has 7 rings (SSSR count). The van der Waals surface area contributed by atoms with Crippen molar-refractivity contribution in [3.05, 3.63) is 104 Å². The van der Waals surface area contributed by atoms with Crippen molar-refractivity contribution in [3.8, 4) is 16.2 Å². The number of hydrogen-bond acceptors (Lipinski definition) is 11. The zero-order valence-electron chi connectivity index (χ0n) is 45.5. The SMILES string of the molecule is COc1cc(C)[nH]c(=O)c1CNC(=O)c1c(C)n(CC2CCN(CCCCCCCC(=O)NCCCC(=O)NC(C(=O)N3CC(O)CC3C(=O)NCc3ccc(-c4scnc4C)cc3)C(C)(C)C)CC2)c2ccccc12. The number of amides is 5. The first-order valence-corrected chi connectivity index (χ1v) is 28.0. The number of H-pyrrole nitrogens is 1. The number of ether oxygens (including phenoxy) is 1. The number of aromatic amines is 1. The van der Waals surface area contributed by atoms with Crippen LogP contribution in [0.1, 0.15) is 130 Å². The normalized spacial score (nSPS) is 16.7. The molecular formula is C58H79N9O8S. The predicted octanol–water partition coefficient (Wildman–Crippen LogP) is 7.08. The number of aliphatic hydroxyl groups excluding tert-OH is 1. The molecule has 18 heteroatoms. The van der Waals surface area contributed by atoms with Gasteiger partial charge in [-0.1, -0.05) is 82.5 Å². The van der Waals surface area contributed by atoms with Gasteiger partial charge in [-0.3, -0.25) is 28.8 Å². The standard InChI is InChI=1S/C58H79N9O8S/c1-37-30-48(75-7)45(54(71)63-37)33-61-56(73)51-39(3)66(46-17-13-12-16-44(46)51)34-41-24-28-65(29-25-41)27-14-10-8-9-11-18-49(69)59-26-15-19-50(70)64-53(58(4,5)6)57(74)67-35-43(68)31-47(67)55(72)60-32-40-20-22-42(23-21-40)52-38(2)62-36-76-52/h12-13,16-17,20-23,30,36,41,43,47,53,68H,8-11,14-15,18-19,24-29,31-35H2,1-7H3,(H,59,69)(H,60,72)(H,61,73)(H,63,71)(H,64,70). The molecule has 3 atom stereocenters. The summed E-state index contributed by atoms with van der Waals surface area (Å²) < 4.78 is 7.72. The number of methoxy groups -OCH3 is 1. The lowest BCUT2D eigenvalue weighted by Gasteiger charge is -2.35. The number of carbonyl (C=O) groups is 5. The average molecular weight is 1060 g/mol. The average Bonchev–Trinajstić information content (AvgIpc) is 4.11. The third-order valence-corrected chi connectivity index (χ3v) is 16.0. The number of unbranched alkanes of at least 4 members (excludes halogenated alkanes) is 4. The number of β-amino-alcohol motifs (C(OH)–C–C–N with tert-alkyl or cyclic N) is 1. The van der Waals surface area contributed by atoms with Crippen LogP contribution in [0.2, 0.25) is 0 Å². The van der Waals surface area contributed by atoms with E-state index in [0.717, 1.165) is 109 Å². The second-order valence-electron chi connectivity index (χ2n) is 21.8. The van der Waals surface area contributed by atoms with Crippen molar-refractivity contribution < 1.29 is 33.8 Å². The van der Waals surface area contributed by atoms with Crippen molar-refractivity contribution in [1.82, 2.24) is 45.6 Å². The summed E-state index contributed by atoms with van der Waals surface area (Å²) in [6.07, 6.45) is 7.43. The Bertz CT molecular complexity index is 2860. The van der Waals surface area contributed by atoms with Gasteiger partial charge in [0.15, 0.2) is 0 Å². The number of aromatic nitrogens is 3. The molecule has 3 unspecified atom stereocenters. The molecule has 2 saturated heterocycles. The number of likely N-dealkylation sites (tertiary alicyclic amines) is 2. The molecule has 2 aliphatic heterocycles. The van der Waals surface area contributed by atoms with E-state index in [0.29, 0.717) is 47.9 Å². The number of pyridine rings is 1. The van der Waals surface area contributed by atoms with Gasteiger partial charge in [0.2, 0.25) is 23.6 Å². The van der Waals surface area contributed by atoms with Gasteiger partial charge in [-0.2, -0.15) is 0 Å². The van der Waals surface area contributed by atoms with Crippen molar-refractivity contribution in [1.29, 1.82) is 0 Å². The van der Waals surface area contributed by atoms with Crippen LogP contribution in [0.15, 0.2) is 64.9 Å². The number of nitrogens with zero attached hydrogens (tertiary/aromatic N) is 4. The lowest BCUT2D eigenvalue weighted by atomic mass is 9.85. The van der Waals surface area contributed by atoms with Gasteiger partial charge in [0.1, 0.15) is 17.8 Å². The van der Waals surface area contributed by atoms with Crippen LogP contribution in [0.25, 0.3) is 21.3 Å². The summed E-state index contributed by atoms with van der Waals surface area (Å²) in [4.78, 5) is 91.9. The Hall–Kier alpha value is -6.37. The third kappa shape index (κ3) is 15.0. The summed E-state index contributed by atoms with van der Waals surface area (Å²) in [5.41, 5.74) is 7.44. The zero-order valence-corrected chi connectivity index (χ0v) is 46.3. The van der Waals surface area contributed by atoms with Crippen molar-refractivity contribution in [2.75, 3.05) is 39.8 Å². The second-order valence-corrected chi connectivity index (χ2v) is 22.7. The van der Waals surface area contributed by atoms with Crippen LogP contribution in [0, 0.1) is 32.1 Å². The Morgan fingerprint density at radius 3 is 2.30 bits per heavy atom. The third-order valence-electron chi connectivity index (χ3n) is 15.0.